The number of para-hydroxylation sites is 2. The third kappa shape index (κ3) is 3.26. The number of ether oxygens (including phenoxy) is 1. The average molecular weight is 359 g/mol. The van der Waals surface area contributed by atoms with Crippen LogP contribution in [-0.4, -0.2) is 34.0 Å². The van der Waals surface area contributed by atoms with Gasteiger partial charge >= 0.3 is 0 Å². The van der Waals surface area contributed by atoms with Crippen LogP contribution in [0.25, 0.3) is 11.0 Å². The number of methoxy groups -OCH3 is 1. The lowest BCUT2D eigenvalue weighted by Crippen LogP contribution is -2.24. The Morgan fingerprint density at radius 2 is 2.00 bits per heavy atom. The molecule has 1 atom stereocenters. The van der Waals surface area contributed by atoms with Gasteiger partial charge in [0, 0.05) is 25.4 Å². The Kier molecular flexibility index (Phi) is 4.55. The van der Waals surface area contributed by atoms with E-state index in [2.05, 4.69) is 10.5 Å². The summed E-state index contributed by atoms with van der Waals surface area (Å²) in [6, 6.07) is 15.8. The van der Waals surface area contributed by atoms with E-state index in [4.69, 9.17) is 16.1 Å². The number of aromatic nitrogens is 2. The van der Waals surface area contributed by atoms with E-state index in [1.165, 1.54) is 0 Å². The molecule has 0 unspecified atom stereocenters. The fourth-order valence-corrected chi connectivity index (χ4v) is 3.71. The molecule has 1 saturated heterocycles. The molecule has 5 heteroatoms. The second-order valence-electron chi connectivity index (χ2n) is 6.77. The Labute approximate surface area is 158 Å². The molecule has 27 heavy (non-hydrogen) atoms. The van der Waals surface area contributed by atoms with Gasteiger partial charge in [-0.25, -0.2) is 4.98 Å². The number of likely N-dealkylation sites (tertiary alicyclic amines) is 1. The average Bonchev–Trinajstić information content (AvgIpc) is 3.24. The first-order valence-electron chi connectivity index (χ1n) is 8.99. The molecule has 1 fully saturated rings. The lowest BCUT2D eigenvalue weighted by molar-refractivity contribution is -0.128. The van der Waals surface area contributed by atoms with Crippen LogP contribution in [0.15, 0.2) is 48.5 Å². The first-order valence-corrected chi connectivity index (χ1v) is 8.99. The highest BCUT2D eigenvalue weighted by molar-refractivity contribution is 5.81. The molecule has 2 heterocycles. The van der Waals surface area contributed by atoms with Gasteiger partial charge in [0.15, 0.2) is 0 Å². The summed E-state index contributed by atoms with van der Waals surface area (Å²) in [7, 11) is 1.64. The number of imidazole rings is 1. The van der Waals surface area contributed by atoms with E-state index in [9.17, 15) is 4.79 Å². The summed E-state index contributed by atoms with van der Waals surface area (Å²) in [6.45, 7) is 1.70. The summed E-state index contributed by atoms with van der Waals surface area (Å²) < 4.78 is 7.25. The number of fused-ring (bicyclic) bond motifs is 1. The molecule has 4 rings (SSSR count). The summed E-state index contributed by atoms with van der Waals surface area (Å²) in [5.41, 5.74) is 3.03. The van der Waals surface area contributed by atoms with Crippen molar-refractivity contribution in [1.82, 2.24) is 14.5 Å². The highest BCUT2D eigenvalue weighted by Gasteiger charge is 2.33. The number of terminal acetylenes is 1. The van der Waals surface area contributed by atoms with E-state index in [0.29, 0.717) is 26.1 Å². The van der Waals surface area contributed by atoms with Crippen molar-refractivity contribution in [2.75, 3.05) is 13.7 Å². The van der Waals surface area contributed by atoms with E-state index in [-0.39, 0.29) is 11.8 Å². The van der Waals surface area contributed by atoms with Crippen LogP contribution >= 0.6 is 0 Å². The zero-order chi connectivity index (χ0) is 18.8. The Morgan fingerprint density at radius 1 is 1.22 bits per heavy atom. The number of nitrogens with zero attached hydrogens (tertiary/aromatic N) is 3. The molecule has 0 spiro atoms. The van der Waals surface area contributed by atoms with Gasteiger partial charge < -0.3 is 14.2 Å². The number of amides is 1. The smallest absolute Gasteiger partial charge is 0.223 e. The molecular weight excluding hydrogens is 338 g/mol. The summed E-state index contributed by atoms with van der Waals surface area (Å²) in [4.78, 5) is 19.3. The summed E-state index contributed by atoms with van der Waals surface area (Å²) >= 11 is 0. The second-order valence-corrected chi connectivity index (χ2v) is 6.77. The Bertz CT molecular complexity index is 1010. The monoisotopic (exact) mass is 359 g/mol. The number of hydrogen-bond acceptors (Lipinski definition) is 3. The predicted molar refractivity (Wildman–Crippen MR) is 104 cm³/mol. The summed E-state index contributed by atoms with van der Waals surface area (Å²) in [5, 5.41) is 0. The van der Waals surface area contributed by atoms with Crippen LogP contribution in [0, 0.1) is 12.3 Å². The van der Waals surface area contributed by atoms with Crippen LogP contribution in [-0.2, 0) is 17.9 Å². The third-order valence-corrected chi connectivity index (χ3v) is 5.05. The minimum absolute atomic E-state index is 0.0523. The number of carbonyl (C=O) groups excluding carboxylic acids is 1. The SMILES string of the molecule is C#CCn1c([C@@H]2CC(=O)N(Cc3ccc(OC)cc3)C2)nc2ccccc21. The molecule has 0 radical (unpaired) electrons. The van der Waals surface area contributed by atoms with E-state index in [0.717, 1.165) is 28.2 Å². The lowest BCUT2D eigenvalue weighted by atomic mass is 10.1. The number of carbonyl (C=O) groups is 1. The Hall–Kier alpha value is -3.26. The zero-order valence-electron chi connectivity index (χ0n) is 15.3. The maximum absolute atomic E-state index is 12.6. The van der Waals surface area contributed by atoms with Gasteiger partial charge in [0.2, 0.25) is 5.91 Å². The van der Waals surface area contributed by atoms with Crippen LogP contribution < -0.4 is 4.74 Å². The van der Waals surface area contributed by atoms with E-state index in [1.807, 2.05) is 53.4 Å². The van der Waals surface area contributed by atoms with Crippen molar-refractivity contribution in [2.45, 2.75) is 25.4 Å². The Morgan fingerprint density at radius 3 is 2.74 bits per heavy atom. The maximum Gasteiger partial charge on any atom is 0.223 e. The largest absolute Gasteiger partial charge is 0.497 e. The van der Waals surface area contributed by atoms with E-state index >= 15 is 0 Å². The summed E-state index contributed by atoms with van der Waals surface area (Å²) in [6.07, 6.45) is 6.03. The molecule has 2 aromatic carbocycles. The fraction of sp³-hybridized carbons (Fsp3) is 0.273. The molecule has 0 aliphatic carbocycles. The molecule has 1 amide bonds. The van der Waals surface area contributed by atoms with Crippen LogP contribution in [0.3, 0.4) is 0 Å². The van der Waals surface area contributed by atoms with Crippen molar-refractivity contribution in [3.8, 4) is 18.1 Å². The molecule has 136 valence electrons. The minimum Gasteiger partial charge on any atom is -0.497 e. The van der Waals surface area contributed by atoms with Gasteiger partial charge in [-0.1, -0.05) is 30.2 Å². The Balaban J connectivity index is 1.57. The van der Waals surface area contributed by atoms with Crippen LogP contribution in [0.1, 0.15) is 23.7 Å². The van der Waals surface area contributed by atoms with Crippen molar-refractivity contribution in [3.63, 3.8) is 0 Å². The molecule has 0 bridgehead atoms. The topological polar surface area (TPSA) is 47.4 Å². The molecule has 5 nitrogen and oxygen atoms in total. The van der Waals surface area contributed by atoms with E-state index < -0.39 is 0 Å². The highest BCUT2D eigenvalue weighted by Crippen LogP contribution is 2.31. The normalized spacial score (nSPS) is 16.7. The molecular formula is C22H21N3O2. The van der Waals surface area contributed by atoms with Crippen LogP contribution in [0.5, 0.6) is 5.75 Å². The van der Waals surface area contributed by atoms with E-state index in [1.54, 1.807) is 7.11 Å². The van der Waals surface area contributed by atoms with Crippen LogP contribution in [0.4, 0.5) is 0 Å². The van der Waals surface area contributed by atoms with Crippen molar-refractivity contribution >= 4 is 16.9 Å². The van der Waals surface area contributed by atoms with Gasteiger partial charge in [-0.3, -0.25) is 4.79 Å². The zero-order valence-corrected chi connectivity index (χ0v) is 15.3. The molecule has 3 aromatic rings. The molecule has 1 aromatic heterocycles. The standard InChI is InChI=1S/C22H21N3O2/c1-3-12-25-20-7-5-4-6-19(20)23-22(25)17-13-21(26)24(15-17)14-16-8-10-18(27-2)11-9-16/h1,4-11,17H,12-15H2,2H3/t17-/m1/s1. The van der Waals surface area contributed by atoms with Crippen LogP contribution in [0.2, 0.25) is 0 Å². The summed E-state index contributed by atoms with van der Waals surface area (Å²) in [5.74, 6) is 4.63. The maximum atomic E-state index is 12.6. The first kappa shape index (κ1) is 17.2. The van der Waals surface area contributed by atoms with Gasteiger partial charge in [-0.05, 0) is 29.8 Å². The van der Waals surface area contributed by atoms with Crippen molar-refractivity contribution in [2.24, 2.45) is 0 Å². The molecule has 0 N–H and O–H groups in total. The fourth-order valence-electron chi connectivity index (χ4n) is 3.71. The number of hydrogen-bond donors (Lipinski definition) is 0. The molecule has 1 aliphatic rings. The second kappa shape index (κ2) is 7.16. The third-order valence-electron chi connectivity index (χ3n) is 5.05. The van der Waals surface area contributed by atoms with Crippen molar-refractivity contribution in [3.05, 3.63) is 59.9 Å². The van der Waals surface area contributed by atoms with Gasteiger partial charge in [0.05, 0.1) is 24.7 Å². The van der Waals surface area contributed by atoms with Crippen molar-refractivity contribution < 1.29 is 9.53 Å². The molecule has 0 saturated carbocycles. The quantitative estimate of drug-likeness (QED) is 0.657. The highest BCUT2D eigenvalue weighted by atomic mass is 16.5. The minimum atomic E-state index is 0.0523. The van der Waals surface area contributed by atoms with Crippen molar-refractivity contribution in [1.29, 1.82) is 0 Å². The van der Waals surface area contributed by atoms with Gasteiger partial charge in [-0.2, -0.15) is 0 Å². The number of rotatable bonds is 5. The number of benzene rings is 2. The van der Waals surface area contributed by atoms with Gasteiger partial charge in [0.25, 0.3) is 0 Å². The predicted octanol–water partition coefficient (Wildman–Crippen LogP) is 3.19. The van der Waals surface area contributed by atoms with Gasteiger partial charge in [0.1, 0.15) is 11.6 Å². The van der Waals surface area contributed by atoms with Gasteiger partial charge in [-0.15, -0.1) is 6.42 Å². The lowest BCUT2D eigenvalue weighted by Gasteiger charge is -2.17. The molecule has 1 aliphatic heterocycles. The first-order chi connectivity index (χ1) is 13.2.